The molecule has 0 aromatic carbocycles. The molecule has 0 saturated heterocycles. The van der Waals surface area contributed by atoms with Crippen molar-refractivity contribution in [3.8, 4) is 0 Å². The summed E-state index contributed by atoms with van der Waals surface area (Å²) in [5.74, 6) is 0.344. The molecule has 2 heterocycles. The quantitative estimate of drug-likeness (QED) is 0.766. The molecule has 2 aromatic rings. The lowest BCUT2D eigenvalue weighted by molar-refractivity contribution is 0.274. The number of nitrogens with zero attached hydrogens (tertiary/aromatic N) is 5. The van der Waals surface area contributed by atoms with Crippen molar-refractivity contribution in [3.63, 3.8) is 0 Å². The minimum absolute atomic E-state index is 0.129. The standard InChI is InChI=1S/C10H15N5O2/c1-10(2,3)7-8(17)14(4-5-16)9-12-11-6-15(9)13-7/h6,16H,4-5H2,1-3H3. The van der Waals surface area contributed by atoms with Crippen LogP contribution in [0.1, 0.15) is 26.5 Å². The van der Waals surface area contributed by atoms with Crippen molar-refractivity contribution in [2.24, 2.45) is 0 Å². The summed E-state index contributed by atoms with van der Waals surface area (Å²) in [6.07, 6.45) is 1.44. The highest BCUT2D eigenvalue weighted by Crippen LogP contribution is 2.16. The maximum absolute atomic E-state index is 12.2. The first-order valence-electron chi connectivity index (χ1n) is 5.37. The summed E-state index contributed by atoms with van der Waals surface area (Å²) in [5.41, 5.74) is -0.169. The Labute approximate surface area is 97.7 Å². The van der Waals surface area contributed by atoms with Crippen LogP contribution < -0.4 is 5.56 Å². The van der Waals surface area contributed by atoms with Crippen LogP contribution in [0.3, 0.4) is 0 Å². The van der Waals surface area contributed by atoms with Crippen LogP contribution in [0.5, 0.6) is 0 Å². The molecular weight excluding hydrogens is 222 g/mol. The van der Waals surface area contributed by atoms with Crippen molar-refractivity contribution in [3.05, 3.63) is 22.4 Å². The van der Waals surface area contributed by atoms with E-state index in [1.807, 2.05) is 20.8 Å². The SMILES string of the molecule is CC(C)(C)c1nn2cnnc2n(CCO)c1=O. The molecule has 0 aliphatic carbocycles. The molecule has 0 fully saturated rings. The minimum Gasteiger partial charge on any atom is -0.395 e. The highest BCUT2D eigenvalue weighted by molar-refractivity contribution is 5.26. The number of aliphatic hydroxyl groups is 1. The topological polar surface area (TPSA) is 85.3 Å². The summed E-state index contributed by atoms with van der Waals surface area (Å²) in [7, 11) is 0. The van der Waals surface area contributed by atoms with E-state index in [1.54, 1.807) is 0 Å². The molecule has 7 heteroatoms. The number of rotatable bonds is 2. The van der Waals surface area contributed by atoms with E-state index in [0.717, 1.165) is 0 Å². The molecule has 1 N–H and O–H groups in total. The van der Waals surface area contributed by atoms with Crippen LogP contribution in [0.4, 0.5) is 0 Å². The van der Waals surface area contributed by atoms with Gasteiger partial charge in [0.1, 0.15) is 12.0 Å². The first kappa shape index (κ1) is 11.7. The van der Waals surface area contributed by atoms with Gasteiger partial charge in [0.05, 0.1) is 13.2 Å². The van der Waals surface area contributed by atoms with Gasteiger partial charge >= 0.3 is 0 Å². The van der Waals surface area contributed by atoms with Gasteiger partial charge in [-0.25, -0.2) is 0 Å². The van der Waals surface area contributed by atoms with Crippen molar-refractivity contribution in [1.82, 2.24) is 24.4 Å². The minimum atomic E-state index is -0.368. The van der Waals surface area contributed by atoms with Crippen LogP contribution in [0, 0.1) is 0 Å². The summed E-state index contributed by atoms with van der Waals surface area (Å²) in [6, 6.07) is 0. The van der Waals surface area contributed by atoms with E-state index in [2.05, 4.69) is 15.3 Å². The molecule has 17 heavy (non-hydrogen) atoms. The van der Waals surface area contributed by atoms with Crippen LogP contribution in [0.15, 0.2) is 11.1 Å². The third-order valence-electron chi connectivity index (χ3n) is 2.44. The number of hydrogen-bond donors (Lipinski definition) is 1. The van der Waals surface area contributed by atoms with Gasteiger partial charge in [0, 0.05) is 5.41 Å². The molecular formula is C10H15N5O2. The molecule has 2 rings (SSSR count). The van der Waals surface area contributed by atoms with Crippen molar-refractivity contribution < 1.29 is 5.11 Å². The van der Waals surface area contributed by atoms with Gasteiger partial charge in [0.15, 0.2) is 0 Å². The van der Waals surface area contributed by atoms with E-state index in [4.69, 9.17) is 5.11 Å². The Hall–Kier alpha value is -1.76. The second kappa shape index (κ2) is 3.92. The number of hydrogen-bond acceptors (Lipinski definition) is 5. The van der Waals surface area contributed by atoms with Gasteiger partial charge in [-0.15, -0.1) is 10.2 Å². The number of fused-ring (bicyclic) bond motifs is 1. The van der Waals surface area contributed by atoms with Gasteiger partial charge in [-0.2, -0.15) is 9.61 Å². The Balaban J connectivity index is 2.79. The second-order valence-corrected chi connectivity index (χ2v) is 4.85. The number of aromatic nitrogens is 5. The maximum Gasteiger partial charge on any atom is 0.277 e. The largest absolute Gasteiger partial charge is 0.395 e. The Morgan fingerprint density at radius 1 is 1.41 bits per heavy atom. The second-order valence-electron chi connectivity index (χ2n) is 4.85. The lowest BCUT2D eigenvalue weighted by Crippen LogP contribution is -2.35. The molecule has 0 spiro atoms. The molecule has 92 valence electrons. The summed E-state index contributed by atoms with van der Waals surface area (Å²) in [5, 5.41) is 20.8. The van der Waals surface area contributed by atoms with Gasteiger partial charge in [-0.1, -0.05) is 20.8 Å². The van der Waals surface area contributed by atoms with Crippen molar-refractivity contribution in [1.29, 1.82) is 0 Å². The molecule has 0 aliphatic rings. The van der Waals surface area contributed by atoms with E-state index < -0.39 is 0 Å². The fourth-order valence-electron chi connectivity index (χ4n) is 1.61. The molecule has 2 aromatic heterocycles. The fourth-order valence-corrected chi connectivity index (χ4v) is 1.61. The molecule has 0 bridgehead atoms. The molecule has 0 amide bonds. The summed E-state index contributed by atoms with van der Waals surface area (Å²) in [6.45, 7) is 5.80. The zero-order chi connectivity index (χ0) is 12.6. The molecule has 0 atom stereocenters. The van der Waals surface area contributed by atoms with Crippen LogP contribution in [0.25, 0.3) is 5.78 Å². The highest BCUT2D eigenvalue weighted by atomic mass is 16.3. The Morgan fingerprint density at radius 2 is 2.12 bits per heavy atom. The first-order chi connectivity index (χ1) is 7.95. The Bertz CT molecular complexity index is 593. The zero-order valence-corrected chi connectivity index (χ0v) is 10.1. The monoisotopic (exact) mass is 237 g/mol. The van der Waals surface area contributed by atoms with Crippen LogP contribution in [-0.2, 0) is 12.0 Å². The van der Waals surface area contributed by atoms with Crippen molar-refractivity contribution >= 4 is 5.78 Å². The Kier molecular flexibility index (Phi) is 2.70. The predicted molar refractivity (Wildman–Crippen MR) is 60.8 cm³/mol. The van der Waals surface area contributed by atoms with Crippen LogP contribution >= 0.6 is 0 Å². The summed E-state index contributed by atoms with van der Waals surface area (Å²) < 4.78 is 2.85. The van der Waals surface area contributed by atoms with Crippen molar-refractivity contribution in [2.75, 3.05) is 6.61 Å². The maximum atomic E-state index is 12.2. The normalized spacial score (nSPS) is 12.2. The molecule has 0 saturated carbocycles. The Morgan fingerprint density at radius 3 is 2.71 bits per heavy atom. The molecule has 0 unspecified atom stereocenters. The third kappa shape index (κ3) is 1.93. The highest BCUT2D eigenvalue weighted by Gasteiger charge is 2.23. The van der Waals surface area contributed by atoms with E-state index in [-0.39, 0.29) is 24.1 Å². The first-order valence-corrected chi connectivity index (χ1v) is 5.37. The van der Waals surface area contributed by atoms with E-state index >= 15 is 0 Å². The lowest BCUT2D eigenvalue weighted by Gasteiger charge is -2.18. The average molecular weight is 237 g/mol. The zero-order valence-electron chi connectivity index (χ0n) is 10.1. The molecule has 0 radical (unpaired) electrons. The van der Waals surface area contributed by atoms with Crippen LogP contribution in [0.2, 0.25) is 0 Å². The lowest BCUT2D eigenvalue weighted by atomic mass is 9.93. The van der Waals surface area contributed by atoms with Gasteiger partial charge < -0.3 is 5.11 Å². The van der Waals surface area contributed by atoms with Gasteiger partial charge in [-0.3, -0.25) is 9.36 Å². The van der Waals surface area contributed by atoms with Gasteiger partial charge in [0.2, 0.25) is 0 Å². The van der Waals surface area contributed by atoms with E-state index in [0.29, 0.717) is 11.5 Å². The van der Waals surface area contributed by atoms with Crippen LogP contribution in [-0.4, -0.2) is 36.1 Å². The van der Waals surface area contributed by atoms with E-state index in [9.17, 15) is 4.79 Å². The summed E-state index contributed by atoms with van der Waals surface area (Å²) in [4.78, 5) is 12.2. The van der Waals surface area contributed by atoms with Gasteiger partial charge in [-0.05, 0) is 0 Å². The third-order valence-corrected chi connectivity index (χ3v) is 2.44. The molecule has 7 nitrogen and oxygen atoms in total. The van der Waals surface area contributed by atoms with Gasteiger partial charge in [0.25, 0.3) is 11.3 Å². The van der Waals surface area contributed by atoms with Crippen molar-refractivity contribution in [2.45, 2.75) is 32.7 Å². The number of aliphatic hydroxyl groups excluding tert-OH is 1. The smallest absolute Gasteiger partial charge is 0.277 e. The average Bonchev–Trinajstić information content (AvgIpc) is 2.68. The predicted octanol–water partition coefficient (Wildman–Crippen LogP) is -0.424. The molecule has 0 aliphatic heterocycles. The fraction of sp³-hybridized carbons (Fsp3) is 0.600. The van der Waals surface area contributed by atoms with E-state index in [1.165, 1.54) is 15.4 Å². The summed E-state index contributed by atoms with van der Waals surface area (Å²) >= 11 is 0.